The predicted molar refractivity (Wildman–Crippen MR) is 161 cm³/mol. The Morgan fingerprint density at radius 3 is 2.63 bits per heavy atom. The fourth-order valence-electron chi connectivity index (χ4n) is 8.32. The molecule has 2 bridgehead atoms. The number of nitriles is 1. The van der Waals surface area contributed by atoms with Crippen LogP contribution >= 0.6 is 11.6 Å². The summed E-state index contributed by atoms with van der Waals surface area (Å²) in [6.45, 7) is 6.22. The lowest BCUT2D eigenvalue weighted by atomic mass is 9.94. The summed E-state index contributed by atoms with van der Waals surface area (Å²) in [6, 6.07) is 9.49. The fourth-order valence-corrected chi connectivity index (χ4v) is 8.60. The second-order valence-electron chi connectivity index (χ2n) is 12.6. The molecule has 2 aromatic heterocycles. The summed E-state index contributed by atoms with van der Waals surface area (Å²) in [6.07, 6.45) is 11.8. The van der Waals surface area contributed by atoms with Gasteiger partial charge < -0.3 is 19.9 Å². The average molecular weight is 570 g/mol. The minimum atomic E-state index is 0.0933. The molecule has 1 N–H and O–H groups in total. The highest BCUT2D eigenvalue weighted by Gasteiger charge is 2.45. The topological polar surface area (TPSA) is 80.5 Å². The zero-order chi connectivity index (χ0) is 27.6. The molecular formula is C32H36ClN7O. The molecule has 0 saturated carbocycles. The van der Waals surface area contributed by atoms with Gasteiger partial charge in [0.15, 0.2) is 0 Å². The SMILES string of the molecule is N#Cc1c(OCC23CCCN2CCC3)nc(N2CC3CCC(C2)N3)c2c1CN(c1cncc3cccc(Cl)c13)CC2. The lowest BCUT2D eigenvalue weighted by Gasteiger charge is -2.39. The summed E-state index contributed by atoms with van der Waals surface area (Å²) >= 11 is 6.72. The number of anilines is 2. The first-order chi connectivity index (χ1) is 20.1. The summed E-state index contributed by atoms with van der Waals surface area (Å²) in [5, 5.41) is 17.1. The van der Waals surface area contributed by atoms with E-state index >= 15 is 0 Å². The van der Waals surface area contributed by atoms with E-state index in [0.717, 1.165) is 84.9 Å². The maximum atomic E-state index is 10.6. The Kier molecular flexibility index (Phi) is 6.24. The Morgan fingerprint density at radius 2 is 1.85 bits per heavy atom. The van der Waals surface area contributed by atoms with Crippen LogP contribution in [0.15, 0.2) is 30.6 Å². The summed E-state index contributed by atoms with van der Waals surface area (Å²) in [7, 11) is 0. The molecular weight excluding hydrogens is 534 g/mol. The van der Waals surface area contributed by atoms with Crippen molar-refractivity contribution in [1.82, 2.24) is 20.2 Å². The molecule has 4 saturated heterocycles. The van der Waals surface area contributed by atoms with E-state index in [1.54, 1.807) is 0 Å². The molecule has 5 aliphatic rings. The highest BCUT2D eigenvalue weighted by Crippen LogP contribution is 2.42. The third-order valence-electron chi connectivity index (χ3n) is 10.3. The van der Waals surface area contributed by atoms with E-state index in [2.05, 4.69) is 37.1 Å². The number of nitrogens with zero attached hydrogens (tertiary/aromatic N) is 6. The molecule has 5 aliphatic heterocycles. The molecule has 1 aromatic carbocycles. The van der Waals surface area contributed by atoms with E-state index in [0.29, 0.717) is 36.7 Å². The summed E-state index contributed by atoms with van der Waals surface area (Å²) in [4.78, 5) is 17.1. The van der Waals surface area contributed by atoms with E-state index in [9.17, 15) is 5.26 Å². The van der Waals surface area contributed by atoms with E-state index in [1.807, 2.05) is 24.5 Å². The van der Waals surface area contributed by atoms with Gasteiger partial charge in [-0.25, -0.2) is 0 Å². The van der Waals surface area contributed by atoms with E-state index < -0.39 is 0 Å². The van der Waals surface area contributed by atoms with Crippen LogP contribution in [0.3, 0.4) is 0 Å². The van der Waals surface area contributed by atoms with Crippen molar-refractivity contribution >= 4 is 33.9 Å². The predicted octanol–water partition coefficient (Wildman–Crippen LogP) is 4.67. The van der Waals surface area contributed by atoms with Crippen LogP contribution in [0, 0.1) is 11.3 Å². The Labute approximate surface area is 246 Å². The number of hydrogen-bond acceptors (Lipinski definition) is 8. The molecule has 0 amide bonds. The molecule has 3 aromatic rings. The molecule has 2 atom stereocenters. The summed E-state index contributed by atoms with van der Waals surface area (Å²) in [5.74, 6) is 1.53. The van der Waals surface area contributed by atoms with Crippen molar-refractivity contribution in [1.29, 1.82) is 5.26 Å². The highest BCUT2D eigenvalue weighted by atomic mass is 35.5. The first-order valence-corrected chi connectivity index (χ1v) is 15.6. The van der Waals surface area contributed by atoms with E-state index in [4.69, 9.17) is 21.3 Å². The Hall–Kier alpha value is -3.12. The van der Waals surface area contributed by atoms with Gasteiger partial charge in [-0.05, 0) is 64.1 Å². The molecule has 0 aliphatic carbocycles. The molecule has 2 unspecified atom stereocenters. The van der Waals surface area contributed by atoms with Crippen molar-refractivity contribution in [3.8, 4) is 11.9 Å². The molecule has 41 heavy (non-hydrogen) atoms. The third kappa shape index (κ3) is 4.24. The second kappa shape index (κ2) is 10.0. The largest absolute Gasteiger partial charge is 0.475 e. The van der Waals surface area contributed by atoms with Crippen LogP contribution in [0.2, 0.25) is 5.02 Å². The molecule has 0 spiro atoms. The number of pyridine rings is 2. The number of benzene rings is 1. The molecule has 9 heteroatoms. The van der Waals surface area contributed by atoms with Crippen LogP contribution in [0.25, 0.3) is 10.8 Å². The number of rotatable bonds is 5. The number of halogens is 1. The Bertz CT molecular complexity index is 1530. The van der Waals surface area contributed by atoms with Crippen molar-refractivity contribution in [3.05, 3.63) is 52.3 Å². The van der Waals surface area contributed by atoms with Crippen LogP contribution in [-0.2, 0) is 13.0 Å². The second-order valence-corrected chi connectivity index (χ2v) is 13.0. The minimum Gasteiger partial charge on any atom is -0.475 e. The van der Waals surface area contributed by atoms with E-state index in [1.165, 1.54) is 31.2 Å². The Morgan fingerprint density at radius 1 is 1.05 bits per heavy atom. The molecule has 8 rings (SSSR count). The lowest BCUT2D eigenvalue weighted by Crippen LogP contribution is -2.52. The molecule has 212 valence electrons. The third-order valence-corrected chi connectivity index (χ3v) is 10.6. The van der Waals surface area contributed by atoms with Gasteiger partial charge in [-0.3, -0.25) is 9.88 Å². The maximum Gasteiger partial charge on any atom is 0.234 e. The van der Waals surface area contributed by atoms with Gasteiger partial charge in [0.2, 0.25) is 5.88 Å². The molecule has 8 nitrogen and oxygen atoms in total. The minimum absolute atomic E-state index is 0.0933. The van der Waals surface area contributed by atoms with Gasteiger partial charge in [-0.2, -0.15) is 10.2 Å². The van der Waals surface area contributed by atoms with Gasteiger partial charge in [0.05, 0.1) is 22.4 Å². The standard InChI is InChI=1S/C32H36ClN7O/c33-27-5-1-4-21-15-35-16-28(29(21)27)38-13-8-24-26(19-38)25(14-34)31(41-20-32-9-2-11-40(32)12-3-10-32)37-30(24)39-17-22-6-7-23(18-39)36-22/h1,4-5,15-16,22-23,36H,2-3,6-13,17-20H2. The van der Waals surface area contributed by atoms with Gasteiger partial charge in [0, 0.05) is 66.4 Å². The van der Waals surface area contributed by atoms with Crippen LogP contribution in [0.1, 0.15) is 55.2 Å². The van der Waals surface area contributed by atoms with Crippen LogP contribution in [0.4, 0.5) is 11.5 Å². The number of aromatic nitrogens is 2. The van der Waals surface area contributed by atoms with Crippen LogP contribution in [0.5, 0.6) is 5.88 Å². The summed E-state index contributed by atoms with van der Waals surface area (Å²) in [5.41, 5.74) is 3.93. The molecule has 0 radical (unpaired) electrons. The lowest BCUT2D eigenvalue weighted by molar-refractivity contribution is 0.110. The van der Waals surface area contributed by atoms with Gasteiger partial charge in [0.1, 0.15) is 24.1 Å². The smallest absolute Gasteiger partial charge is 0.234 e. The van der Waals surface area contributed by atoms with Crippen molar-refractivity contribution in [2.45, 2.75) is 69.1 Å². The van der Waals surface area contributed by atoms with E-state index in [-0.39, 0.29) is 5.54 Å². The van der Waals surface area contributed by atoms with Gasteiger partial charge in [-0.15, -0.1) is 0 Å². The zero-order valence-electron chi connectivity index (χ0n) is 23.4. The van der Waals surface area contributed by atoms with Crippen molar-refractivity contribution in [3.63, 3.8) is 0 Å². The first kappa shape index (κ1) is 25.6. The first-order valence-electron chi connectivity index (χ1n) is 15.2. The number of hydrogen-bond donors (Lipinski definition) is 1. The molecule has 4 fully saturated rings. The monoisotopic (exact) mass is 569 g/mol. The average Bonchev–Trinajstić information content (AvgIpc) is 3.68. The summed E-state index contributed by atoms with van der Waals surface area (Å²) < 4.78 is 6.64. The molecule has 7 heterocycles. The number of piperazine rings is 1. The van der Waals surface area contributed by atoms with Crippen molar-refractivity contribution in [2.24, 2.45) is 0 Å². The van der Waals surface area contributed by atoms with Gasteiger partial charge >= 0.3 is 0 Å². The Balaban J connectivity index is 1.20. The maximum absolute atomic E-state index is 10.6. The van der Waals surface area contributed by atoms with Crippen molar-refractivity contribution < 1.29 is 4.74 Å². The quantitative estimate of drug-likeness (QED) is 0.475. The van der Waals surface area contributed by atoms with Crippen LogP contribution < -0.4 is 19.9 Å². The van der Waals surface area contributed by atoms with Gasteiger partial charge in [-0.1, -0.05) is 23.7 Å². The number of ether oxygens (including phenoxy) is 1. The number of fused-ring (bicyclic) bond motifs is 5. The highest BCUT2D eigenvalue weighted by molar-refractivity contribution is 6.36. The normalized spacial score (nSPS) is 24.9. The van der Waals surface area contributed by atoms with Crippen molar-refractivity contribution in [2.75, 3.05) is 49.1 Å². The van der Waals surface area contributed by atoms with Crippen LogP contribution in [-0.4, -0.2) is 71.8 Å². The zero-order valence-corrected chi connectivity index (χ0v) is 24.2. The number of nitrogens with one attached hydrogen (secondary N) is 1. The van der Waals surface area contributed by atoms with Gasteiger partial charge in [0.25, 0.3) is 0 Å². The fraction of sp³-hybridized carbons (Fsp3) is 0.531.